The van der Waals surface area contributed by atoms with Gasteiger partial charge < -0.3 is 10.1 Å². The molecule has 2 aromatic rings. The number of sulfonamides is 1. The first kappa shape index (κ1) is 19.2. The summed E-state index contributed by atoms with van der Waals surface area (Å²) in [6.45, 7) is 5.87. The third-order valence-corrected chi connectivity index (χ3v) is 5.82. The van der Waals surface area contributed by atoms with Crippen LogP contribution in [-0.4, -0.2) is 33.2 Å². The van der Waals surface area contributed by atoms with E-state index >= 15 is 0 Å². The molecular formula is C20H24N2O4S. The average molecular weight is 388 g/mol. The first-order valence-electron chi connectivity index (χ1n) is 8.77. The lowest BCUT2D eigenvalue weighted by molar-refractivity contribution is -0.128. The van der Waals surface area contributed by atoms with E-state index < -0.39 is 16.1 Å². The topological polar surface area (TPSA) is 75.7 Å². The van der Waals surface area contributed by atoms with E-state index in [0.29, 0.717) is 11.4 Å². The number of aryl methyl sites for hydroxylation is 2. The number of carbonyl (C=O) groups excluding carboxylic acids is 1. The van der Waals surface area contributed by atoms with Crippen LogP contribution in [-0.2, 0) is 14.8 Å². The van der Waals surface area contributed by atoms with E-state index in [0.717, 1.165) is 22.9 Å². The molecule has 1 aliphatic heterocycles. The van der Waals surface area contributed by atoms with Gasteiger partial charge in [-0.05, 0) is 44.0 Å². The lowest BCUT2D eigenvalue weighted by Gasteiger charge is -2.34. The number of ether oxygens (including phenoxy) is 1. The summed E-state index contributed by atoms with van der Waals surface area (Å²) in [4.78, 5) is 12.8. The lowest BCUT2D eigenvalue weighted by atomic mass is 10.00. The second kappa shape index (κ2) is 7.23. The first-order valence-corrected chi connectivity index (χ1v) is 10.6. The summed E-state index contributed by atoms with van der Waals surface area (Å²) in [5.74, 6) is 0.0409. The molecule has 0 bridgehead atoms. The van der Waals surface area contributed by atoms with Crippen molar-refractivity contribution < 1.29 is 17.9 Å². The summed E-state index contributed by atoms with van der Waals surface area (Å²) in [5.41, 5.74) is 3.72. The number of hydrogen-bond acceptors (Lipinski definition) is 4. The molecule has 0 saturated heterocycles. The zero-order valence-corrected chi connectivity index (χ0v) is 16.7. The number of para-hydroxylation sites is 2. The van der Waals surface area contributed by atoms with Gasteiger partial charge in [0.25, 0.3) is 5.91 Å². The number of hydrogen-bond donors (Lipinski definition) is 1. The molecule has 144 valence electrons. The van der Waals surface area contributed by atoms with Gasteiger partial charge in [0.2, 0.25) is 10.0 Å². The number of nitrogens with one attached hydrogen (secondary N) is 1. The Balaban J connectivity index is 1.81. The van der Waals surface area contributed by atoms with Gasteiger partial charge in [-0.1, -0.05) is 35.9 Å². The molecule has 1 heterocycles. The molecule has 0 radical (unpaired) electrons. The fourth-order valence-electron chi connectivity index (χ4n) is 3.35. The van der Waals surface area contributed by atoms with Crippen LogP contribution < -0.4 is 14.4 Å². The number of anilines is 1. The Kier molecular flexibility index (Phi) is 5.15. The molecular weight excluding hydrogens is 364 g/mol. The van der Waals surface area contributed by atoms with E-state index in [1.165, 1.54) is 4.31 Å². The van der Waals surface area contributed by atoms with Crippen molar-refractivity contribution in [1.82, 2.24) is 5.32 Å². The van der Waals surface area contributed by atoms with Gasteiger partial charge in [0.15, 0.2) is 6.10 Å². The molecule has 2 aromatic carbocycles. The van der Waals surface area contributed by atoms with Crippen LogP contribution in [0, 0.1) is 13.8 Å². The van der Waals surface area contributed by atoms with Gasteiger partial charge in [-0.15, -0.1) is 0 Å². The average Bonchev–Trinajstić information content (AvgIpc) is 2.59. The predicted octanol–water partition coefficient (Wildman–Crippen LogP) is 2.71. The van der Waals surface area contributed by atoms with E-state index in [-0.39, 0.29) is 18.5 Å². The summed E-state index contributed by atoms with van der Waals surface area (Å²) in [6.07, 6.45) is 0.213. The van der Waals surface area contributed by atoms with E-state index in [2.05, 4.69) is 11.4 Å². The summed E-state index contributed by atoms with van der Waals surface area (Å²) < 4.78 is 31.4. The largest absolute Gasteiger partial charge is 0.476 e. The molecule has 0 aromatic heterocycles. The number of nitrogens with zero attached hydrogens (tertiary/aromatic N) is 1. The lowest BCUT2D eigenvalue weighted by Crippen LogP contribution is -2.50. The molecule has 2 unspecified atom stereocenters. The summed E-state index contributed by atoms with van der Waals surface area (Å²) in [5, 5.41) is 2.94. The second-order valence-corrected chi connectivity index (χ2v) is 8.87. The highest BCUT2D eigenvalue weighted by Gasteiger charge is 2.35. The Hall–Kier alpha value is -2.54. The molecule has 6 nitrogen and oxygen atoms in total. The Morgan fingerprint density at radius 2 is 1.93 bits per heavy atom. The maximum atomic E-state index is 12.8. The second-order valence-electron chi connectivity index (χ2n) is 6.96. The van der Waals surface area contributed by atoms with Crippen LogP contribution in [0.3, 0.4) is 0 Å². The third-order valence-electron chi connectivity index (χ3n) is 4.68. The number of amides is 1. The highest BCUT2D eigenvalue weighted by molar-refractivity contribution is 7.92. The molecule has 0 fully saturated rings. The van der Waals surface area contributed by atoms with Crippen LogP contribution in [0.25, 0.3) is 0 Å². The van der Waals surface area contributed by atoms with Crippen LogP contribution in [0.1, 0.15) is 29.7 Å². The van der Waals surface area contributed by atoms with E-state index in [1.54, 1.807) is 24.3 Å². The molecule has 1 N–H and O–H groups in total. The molecule has 27 heavy (non-hydrogen) atoms. The van der Waals surface area contributed by atoms with Gasteiger partial charge in [0.1, 0.15) is 5.75 Å². The van der Waals surface area contributed by atoms with Crippen LogP contribution >= 0.6 is 0 Å². The number of benzene rings is 2. The smallest absolute Gasteiger partial charge is 0.263 e. The number of carbonyl (C=O) groups is 1. The van der Waals surface area contributed by atoms with Crippen molar-refractivity contribution in [1.29, 1.82) is 0 Å². The van der Waals surface area contributed by atoms with Gasteiger partial charge in [0.05, 0.1) is 24.5 Å². The quantitative estimate of drug-likeness (QED) is 0.874. The molecule has 1 aliphatic rings. The van der Waals surface area contributed by atoms with Crippen molar-refractivity contribution in [3.63, 3.8) is 0 Å². The number of fused-ring (bicyclic) bond motifs is 1. The van der Waals surface area contributed by atoms with Crippen molar-refractivity contribution in [3.05, 3.63) is 59.2 Å². The minimum Gasteiger partial charge on any atom is -0.476 e. The highest BCUT2D eigenvalue weighted by atomic mass is 32.2. The minimum atomic E-state index is -3.52. The predicted molar refractivity (Wildman–Crippen MR) is 106 cm³/mol. The first-order chi connectivity index (χ1) is 12.7. The van der Waals surface area contributed by atoms with E-state index in [9.17, 15) is 13.2 Å². The van der Waals surface area contributed by atoms with Crippen LogP contribution in [0.2, 0.25) is 0 Å². The monoisotopic (exact) mass is 388 g/mol. The zero-order chi connectivity index (χ0) is 19.8. The van der Waals surface area contributed by atoms with Gasteiger partial charge in [-0.2, -0.15) is 0 Å². The van der Waals surface area contributed by atoms with Crippen LogP contribution in [0.4, 0.5) is 5.69 Å². The summed E-state index contributed by atoms with van der Waals surface area (Å²) in [6, 6.07) is 12.7. The van der Waals surface area contributed by atoms with Crippen molar-refractivity contribution >= 4 is 21.6 Å². The molecule has 7 heteroatoms. The molecule has 3 rings (SSSR count). The van der Waals surface area contributed by atoms with E-state index in [4.69, 9.17) is 4.74 Å². The maximum Gasteiger partial charge on any atom is 0.263 e. The summed E-state index contributed by atoms with van der Waals surface area (Å²) in [7, 11) is -3.52. The van der Waals surface area contributed by atoms with Crippen molar-refractivity contribution in [2.24, 2.45) is 0 Å². The Labute approximate surface area is 160 Å². The third kappa shape index (κ3) is 4.08. The number of rotatable bonds is 4. The Morgan fingerprint density at radius 3 is 2.59 bits per heavy atom. The van der Waals surface area contributed by atoms with Gasteiger partial charge in [0, 0.05) is 0 Å². The minimum absolute atomic E-state index is 0.0543. The van der Waals surface area contributed by atoms with Gasteiger partial charge in [-0.25, -0.2) is 8.42 Å². The molecule has 0 aliphatic carbocycles. The van der Waals surface area contributed by atoms with Crippen LogP contribution in [0.15, 0.2) is 42.5 Å². The fraction of sp³-hybridized carbons (Fsp3) is 0.350. The highest BCUT2D eigenvalue weighted by Crippen LogP contribution is 2.34. The molecule has 0 saturated carbocycles. The normalized spacial score (nSPS) is 17.6. The van der Waals surface area contributed by atoms with Crippen molar-refractivity contribution in [3.8, 4) is 5.75 Å². The van der Waals surface area contributed by atoms with Crippen molar-refractivity contribution in [2.45, 2.75) is 32.9 Å². The standard InChI is InChI=1S/C20H24N2O4S/c1-13-9-10-16(14(2)11-13)15(3)21-20(23)19-12-22(27(4,24)25)17-7-5-6-8-18(17)26-19/h5-11,15,19H,12H2,1-4H3,(H,21,23). The molecule has 2 atom stereocenters. The molecule has 1 amide bonds. The van der Waals surface area contributed by atoms with Gasteiger partial charge >= 0.3 is 0 Å². The maximum absolute atomic E-state index is 12.8. The summed E-state index contributed by atoms with van der Waals surface area (Å²) >= 11 is 0. The van der Waals surface area contributed by atoms with Crippen molar-refractivity contribution in [2.75, 3.05) is 17.1 Å². The Bertz CT molecular complexity index is 972. The zero-order valence-electron chi connectivity index (χ0n) is 15.9. The fourth-order valence-corrected chi connectivity index (χ4v) is 4.26. The van der Waals surface area contributed by atoms with E-state index in [1.807, 2.05) is 32.9 Å². The molecule has 0 spiro atoms. The Morgan fingerprint density at radius 1 is 1.22 bits per heavy atom. The van der Waals surface area contributed by atoms with Crippen LogP contribution in [0.5, 0.6) is 5.75 Å². The SMILES string of the molecule is Cc1ccc(C(C)NC(=O)C2CN(S(C)(=O)=O)c3ccccc3O2)c(C)c1. The van der Waals surface area contributed by atoms with Gasteiger partial charge in [-0.3, -0.25) is 9.10 Å².